The Balaban J connectivity index is 1.43. The van der Waals surface area contributed by atoms with Crippen LogP contribution in [0.5, 0.6) is 0 Å². The van der Waals surface area contributed by atoms with Gasteiger partial charge in [0.25, 0.3) is 0 Å². The first-order valence-electron chi connectivity index (χ1n) is 11.8. The molecule has 0 saturated carbocycles. The number of fused-ring (bicyclic) bond motifs is 1. The summed E-state index contributed by atoms with van der Waals surface area (Å²) in [5.74, 6) is -0.258. The van der Waals surface area contributed by atoms with Gasteiger partial charge in [0.15, 0.2) is 0 Å². The van der Waals surface area contributed by atoms with E-state index in [1.54, 1.807) is 40.7 Å². The maximum Gasteiger partial charge on any atom is 0.243 e. The van der Waals surface area contributed by atoms with Crippen LogP contribution in [-0.2, 0) is 10.0 Å². The number of halogens is 1. The number of aliphatic hydroxyl groups excluding tert-OH is 1. The molecule has 0 unspecified atom stereocenters. The molecule has 0 amide bonds. The standard InChI is InChI=1S/C27H29FN2O3S/c28-24-11-5-4-10-23(24)20-12-14-21(15-13-20)27-25-18-29(16-6-7-17-30(25)26(27)19-31)34(32,33)22-8-2-1-3-9-22/h1-5,8-15,25-27,31H,6-7,16-19H2/t25-,26+,27-/m1/s1. The molecule has 0 spiro atoms. The first kappa shape index (κ1) is 23.2. The molecule has 3 atom stereocenters. The number of rotatable bonds is 5. The van der Waals surface area contributed by atoms with Gasteiger partial charge in [0.05, 0.1) is 11.5 Å². The molecule has 0 aromatic heterocycles. The molecule has 0 radical (unpaired) electrons. The van der Waals surface area contributed by atoms with E-state index in [1.807, 2.05) is 36.4 Å². The molecular formula is C27H29FN2O3S. The van der Waals surface area contributed by atoms with Crippen LogP contribution in [0.1, 0.15) is 24.3 Å². The Hall–Kier alpha value is -2.58. The fourth-order valence-electron chi connectivity index (χ4n) is 5.45. The van der Waals surface area contributed by atoms with E-state index in [2.05, 4.69) is 4.90 Å². The lowest BCUT2D eigenvalue weighted by molar-refractivity contribution is -0.0553. The van der Waals surface area contributed by atoms with E-state index in [-0.39, 0.29) is 30.4 Å². The van der Waals surface area contributed by atoms with Crippen molar-refractivity contribution >= 4 is 10.0 Å². The smallest absolute Gasteiger partial charge is 0.243 e. The second kappa shape index (κ2) is 9.58. The van der Waals surface area contributed by atoms with Crippen molar-refractivity contribution in [2.24, 2.45) is 0 Å². The van der Waals surface area contributed by atoms with Gasteiger partial charge in [-0.3, -0.25) is 4.90 Å². The molecule has 5 rings (SSSR count). The molecule has 7 heteroatoms. The van der Waals surface area contributed by atoms with E-state index >= 15 is 0 Å². The van der Waals surface area contributed by atoms with Crippen molar-refractivity contribution in [3.05, 3.63) is 90.2 Å². The number of hydrogen-bond acceptors (Lipinski definition) is 4. The van der Waals surface area contributed by atoms with Crippen molar-refractivity contribution in [3.8, 4) is 11.1 Å². The molecule has 178 valence electrons. The highest BCUT2D eigenvalue weighted by molar-refractivity contribution is 7.89. The Morgan fingerprint density at radius 3 is 2.26 bits per heavy atom. The first-order valence-corrected chi connectivity index (χ1v) is 13.2. The zero-order valence-corrected chi connectivity index (χ0v) is 19.7. The number of aliphatic hydroxyl groups is 1. The van der Waals surface area contributed by atoms with Crippen molar-refractivity contribution < 1.29 is 17.9 Å². The summed E-state index contributed by atoms with van der Waals surface area (Å²) in [6.07, 6.45) is 1.67. The third kappa shape index (κ3) is 4.18. The van der Waals surface area contributed by atoms with Crippen molar-refractivity contribution in [2.75, 3.05) is 26.2 Å². The normalized spacial score (nSPS) is 24.0. The predicted octanol–water partition coefficient (Wildman–Crippen LogP) is 4.11. The monoisotopic (exact) mass is 480 g/mol. The van der Waals surface area contributed by atoms with Crippen LogP contribution in [0.15, 0.2) is 83.8 Å². The molecule has 2 heterocycles. The fraction of sp³-hybridized carbons (Fsp3) is 0.333. The summed E-state index contributed by atoms with van der Waals surface area (Å²) in [6, 6.07) is 23.0. The largest absolute Gasteiger partial charge is 0.395 e. The van der Waals surface area contributed by atoms with Gasteiger partial charge in [-0.2, -0.15) is 4.31 Å². The molecule has 2 aliphatic rings. The summed E-state index contributed by atoms with van der Waals surface area (Å²) in [4.78, 5) is 2.56. The minimum absolute atomic E-state index is 0.00578. The number of benzene rings is 3. The van der Waals surface area contributed by atoms with E-state index in [0.717, 1.165) is 30.5 Å². The molecule has 2 fully saturated rings. The van der Waals surface area contributed by atoms with Crippen molar-refractivity contribution in [3.63, 3.8) is 0 Å². The summed E-state index contributed by atoms with van der Waals surface area (Å²) < 4.78 is 42.6. The van der Waals surface area contributed by atoms with Gasteiger partial charge in [0.1, 0.15) is 5.82 Å². The number of nitrogens with zero attached hydrogens (tertiary/aromatic N) is 2. The Kier molecular flexibility index (Phi) is 6.53. The molecule has 2 saturated heterocycles. The first-order chi connectivity index (χ1) is 16.5. The highest BCUT2D eigenvalue weighted by Crippen LogP contribution is 2.43. The van der Waals surface area contributed by atoms with Crippen LogP contribution in [0.4, 0.5) is 4.39 Å². The summed E-state index contributed by atoms with van der Waals surface area (Å²) in [7, 11) is -3.60. The fourth-order valence-corrected chi connectivity index (χ4v) is 6.97. The molecule has 2 aliphatic heterocycles. The van der Waals surface area contributed by atoms with Crippen LogP contribution in [-0.4, -0.2) is 61.1 Å². The third-order valence-electron chi connectivity index (χ3n) is 7.19. The molecule has 5 nitrogen and oxygen atoms in total. The lowest BCUT2D eigenvalue weighted by atomic mass is 9.74. The van der Waals surface area contributed by atoms with E-state index in [1.165, 1.54) is 6.07 Å². The van der Waals surface area contributed by atoms with Crippen LogP contribution in [0.2, 0.25) is 0 Å². The second-order valence-corrected chi connectivity index (χ2v) is 11.0. The number of sulfonamides is 1. The Morgan fingerprint density at radius 2 is 1.56 bits per heavy atom. The van der Waals surface area contributed by atoms with Crippen molar-refractivity contribution in [1.29, 1.82) is 0 Å². The average molecular weight is 481 g/mol. The zero-order valence-electron chi connectivity index (χ0n) is 18.9. The van der Waals surface area contributed by atoms with Gasteiger partial charge < -0.3 is 5.11 Å². The molecule has 34 heavy (non-hydrogen) atoms. The number of hydrogen-bond donors (Lipinski definition) is 1. The van der Waals surface area contributed by atoms with Crippen LogP contribution < -0.4 is 0 Å². The van der Waals surface area contributed by atoms with E-state index in [9.17, 15) is 17.9 Å². The van der Waals surface area contributed by atoms with Crippen LogP contribution >= 0.6 is 0 Å². The molecule has 3 aromatic rings. The van der Waals surface area contributed by atoms with E-state index in [0.29, 0.717) is 23.5 Å². The van der Waals surface area contributed by atoms with Gasteiger partial charge in [0.2, 0.25) is 10.0 Å². The molecular weight excluding hydrogens is 451 g/mol. The molecule has 0 bridgehead atoms. The molecule has 1 N–H and O–H groups in total. The maximum atomic E-state index is 14.2. The zero-order chi connectivity index (χ0) is 23.7. The van der Waals surface area contributed by atoms with Crippen LogP contribution in [0, 0.1) is 5.82 Å². The quantitative estimate of drug-likeness (QED) is 0.597. The summed E-state index contributed by atoms with van der Waals surface area (Å²) in [5.41, 5.74) is 2.39. The summed E-state index contributed by atoms with van der Waals surface area (Å²) in [5, 5.41) is 10.2. The van der Waals surface area contributed by atoms with Gasteiger partial charge in [0, 0.05) is 36.7 Å². The van der Waals surface area contributed by atoms with Gasteiger partial charge in [-0.15, -0.1) is 0 Å². The van der Waals surface area contributed by atoms with Gasteiger partial charge in [-0.05, 0) is 48.7 Å². The highest BCUT2D eigenvalue weighted by Gasteiger charge is 2.50. The Labute approximate surface area is 200 Å². The average Bonchev–Trinajstić information content (AvgIpc) is 2.84. The minimum Gasteiger partial charge on any atom is -0.395 e. The van der Waals surface area contributed by atoms with Gasteiger partial charge in [-0.25, -0.2) is 12.8 Å². The van der Waals surface area contributed by atoms with Crippen molar-refractivity contribution in [1.82, 2.24) is 9.21 Å². The highest BCUT2D eigenvalue weighted by atomic mass is 32.2. The molecule has 0 aliphatic carbocycles. The SMILES string of the molecule is O=S(=O)(c1ccccc1)N1CCCCN2[C@H](C1)[C@@H](c1ccc(-c3ccccc3F)cc1)[C@@H]2CO. The van der Waals surface area contributed by atoms with E-state index < -0.39 is 10.0 Å². The minimum atomic E-state index is -3.60. The van der Waals surface area contributed by atoms with Gasteiger partial charge in [-0.1, -0.05) is 60.7 Å². The van der Waals surface area contributed by atoms with Gasteiger partial charge >= 0.3 is 0 Å². The maximum absolute atomic E-state index is 14.2. The Morgan fingerprint density at radius 1 is 0.882 bits per heavy atom. The van der Waals surface area contributed by atoms with Crippen molar-refractivity contribution in [2.45, 2.75) is 35.7 Å². The third-order valence-corrected chi connectivity index (χ3v) is 9.07. The van der Waals surface area contributed by atoms with Crippen LogP contribution in [0.3, 0.4) is 0 Å². The van der Waals surface area contributed by atoms with Crippen LogP contribution in [0.25, 0.3) is 11.1 Å². The topological polar surface area (TPSA) is 60.9 Å². The lowest BCUT2D eigenvalue weighted by Crippen LogP contribution is -2.67. The Bertz CT molecular complexity index is 1230. The predicted molar refractivity (Wildman–Crippen MR) is 130 cm³/mol. The summed E-state index contributed by atoms with van der Waals surface area (Å²) >= 11 is 0. The summed E-state index contributed by atoms with van der Waals surface area (Å²) in [6.45, 7) is 1.73. The lowest BCUT2D eigenvalue weighted by Gasteiger charge is -2.57. The second-order valence-electron chi connectivity index (χ2n) is 9.07. The molecule has 3 aromatic carbocycles. The van der Waals surface area contributed by atoms with E-state index in [4.69, 9.17) is 0 Å².